The Morgan fingerprint density at radius 1 is 1.25 bits per heavy atom. The first-order valence-electron chi connectivity index (χ1n) is 6.61. The molecule has 1 unspecified atom stereocenters. The van der Waals surface area contributed by atoms with Crippen LogP contribution in [0.3, 0.4) is 0 Å². The third kappa shape index (κ3) is 4.12. The highest BCUT2D eigenvalue weighted by molar-refractivity contribution is 6.30. The van der Waals surface area contributed by atoms with Gasteiger partial charge in [-0.25, -0.2) is 15.0 Å². The van der Waals surface area contributed by atoms with Crippen molar-refractivity contribution in [2.75, 3.05) is 6.61 Å². The summed E-state index contributed by atoms with van der Waals surface area (Å²) in [7, 11) is 0. The van der Waals surface area contributed by atoms with Crippen LogP contribution in [0, 0.1) is 0 Å². The predicted molar refractivity (Wildman–Crippen MR) is 79.8 cm³/mol. The van der Waals surface area contributed by atoms with E-state index in [1.807, 2.05) is 0 Å². The number of ether oxygens (including phenoxy) is 1. The molecular formula is C14H10Cl2F3N3O2. The highest BCUT2D eigenvalue weighted by atomic mass is 35.5. The van der Waals surface area contributed by atoms with Gasteiger partial charge in [0.05, 0.1) is 11.6 Å². The summed E-state index contributed by atoms with van der Waals surface area (Å²) in [4.78, 5) is 23.4. The third-order valence-corrected chi connectivity index (χ3v) is 3.40. The van der Waals surface area contributed by atoms with Crippen LogP contribution in [0.5, 0.6) is 0 Å². The van der Waals surface area contributed by atoms with Gasteiger partial charge in [-0.15, -0.1) is 0 Å². The molecule has 0 N–H and O–H groups in total. The molecule has 0 fully saturated rings. The number of carbonyl (C=O) groups is 1. The van der Waals surface area contributed by atoms with E-state index in [4.69, 9.17) is 27.9 Å². The Morgan fingerprint density at radius 2 is 1.88 bits per heavy atom. The second-order valence-electron chi connectivity index (χ2n) is 4.52. The highest BCUT2D eigenvalue weighted by Crippen LogP contribution is 2.33. The van der Waals surface area contributed by atoms with Gasteiger partial charge in [-0.2, -0.15) is 13.2 Å². The fourth-order valence-corrected chi connectivity index (χ4v) is 2.25. The van der Waals surface area contributed by atoms with E-state index in [0.29, 0.717) is 0 Å². The van der Waals surface area contributed by atoms with Crippen molar-refractivity contribution >= 4 is 29.2 Å². The molecule has 10 heteroatoms. The number of alkyl halides is 3. The van der Waals surface area contributed by atoms with Gasteiger partial charge in [0.15, 0.2) is 0 Å². The number of rotatable bonds is 4. The molecule has 2 heterocycles. The van der Waals surface area contributed by atoms with E-state index in [1.54, 1.807) is 6.92 Å². The molecule has 5 nitrogen and oxygen atoms in total. The lowest BCUT2D eigenvalue weighted by Gasteiger charge is -2.16. The van der Waals surface area contributed by atoms with Crippen LogP contribution < -0.4 is 0 Å². The Balaban J connectivity index is 2.51. The summed E-state index contributed by atoms with van der Waals surface area (Å²) in [6.45, 7) is 1.65. The number of esters is 1. The van der Waals surface area contributed by atoms with Crippen molar-refractivity contribution < 1.29 is 22.7 Å². The van der Waals surface area contributed by atoms with Crippen molar-refractivity contribution in [3.8, 4) is 0 Å². The van der Waals surface area contributed by atoms with Crippen LogP contribution in [0.2, 0.25) is 10.2 Å². The molecule has 0 saturated carbocycles. The molecule has 0 bridgehead atoms. The minimum absolute atomic E-state index is 0.00504. The maximum absolute atomic E-state index is 12.7. The molecule has 24 heavy (non-hydrogen) atoms. The number of carbonyl (C=O) groups excluding carboxylic acids is 1. The molecule has 2 aromatic rings. The van der Waals surface area contributed by atoms with Crippen LogP contribution in [0.4, 0.5) is 13.2 Å². The van der Waals surface area contributed by atoms with Gasteiger partial charge >= 0.3 is 12.1 Å². The third-order valence-electron chi connectivity index (χ3n) is 2.90. The first-order chi connectivity index (χ1) is 11.2. The molecule has 1 atom stereocenters. The first-order valence-corrected chi connectivity index (χ1v) is 7.37. The zero-order valence-electron chi connectivity index (χ0n) is 12.1. The van der Waals surface area contributed by atoms with Crippen molar-refractivity contribution in [3.05, 3.63) is 51.8 Å². The largest absolute Gasteiger partial charge is 0.465 e. The predicted octanol–water partition coefficient (Wildman–Crippen LogP) is 3.89. The maximum atomic E-state index is 12.7. The molecule has 0 spiro atoms. The van der Waals surface area contributed by atoms with E-state index < -0.39 is 28.9 Å². The van der Waals surface area contributed by atoms with E-state index >= 15 is 0 Å². The minimum atomic E-state index is -4.65. The van der Waals surface area contributed by atoms with Crippen LogP contribution >= 0.6 is 23.2 Å². The second kappa shape index (κ2) is 7.31. The SMILES string of the molecule is CCOC(=O)C(c1ncc(Cl)cn1)c1ccc(C(F)(F)F)nc1Cl. The summed E-state index contributed by atoms with van der Waals surface area (Å²) < 4.78 is 43.0. The Labute approximate surface area is 144 Å². The molecule has 2 rings (SSSR count). The highest BCUT2D eigenvalue weighted by Gasteiger charge is 2.35. The lowest BCUT2D eigenvalue weighted by atomic mass is 9.99. The molecule has 128 valence electrons. The van der Waals surface area contributed by atoms with Gasteiger partial charge in [-0.05, 0) is 13.0 Å². The van der Waals surface area contributed by atoms with Crippen LogP contribution in [-0.4, -0.2) is 27.5 Å². The Hall–Kier alpha value is -1.93. The first kappa shape index (κ1) is 18.4. The number of aromatic nitrogens is 3. The molecule has 0 aliphatic rings. The van der Waals surface area contributed by atoms with Crippen molar-refractivity contribution in [1.82, 2.24) is 15.0 Å². The molecule has 0 saturated heterocycles. The summed E-state index contributed by atoms with van der Waals surface area (Å²) in [5.74, 6) is -1.99. The Morgan fingerprint density at radius 3 is 2.38 bits per heavy atom. The van der Waals surface area contributed by atoms with Crippen LogP contribution in [0.25, 0.3) is 0 Å². The summed E-state index contributed by atoms with van der Waals surface area (Å²) in [6, 6.07) is 1.78. The smallest absolute Gasteiger partial charge is 0.433 e. The van der Waals surface area contributed by atoms with Gasteiger partial charge in [0.2, 0.25) is 0 Å². The number of nitrogens with zero attached hydrogens (tertiary/aromatic N) is 3. The lowest BCUT2D eigenvalue weighted by Crippen LogP contribution is -2.21. The molecule has 2 aromatic heterocycles. The number of hydrogen-bond donors (Lipinski definition) is 0. The monoisotopic (exact) mass is 379 g/mol. The summed E-state index contributed by atoms with van der Waals surface area (Å²) >= 11 is 11.6. The quantitative estimate of drug-likeness (QED) is 0.595. The molecule has 0 aliphatic carbocycles. The van der Waals surface area contributed by atoms with Crippen molar-refractivity contribution in [3.63, 3.8) is 0 Å². The fourth-order valence-electron chi connectivity index (χ4n) is 1.89. The zero-order chi connectivity index (χ0) is 17.9. The van der Waals surface area contributed by atoms with Gasteiger partial charge < -0.3 is 4.74 Å². The van der Waals surface area contributed by atoms with Gasteiger partial charge in [-0.1, -0.05) is 29.3 Å². The summed E-state index contributed by atoms with van der Waals surface area (Å²) in [5.41, 5.74) is -1.17. The second-order valence-corrected chi connectivity index (χ2v) is 5.31. The van der Waals surface area contributed by atoms with E-state index in [1.165, 1.54) is 12.4 Å². The Kier molecular flexibility index (Phi) is 5.61. The minimum Gasteiger partial charge on any atom is -0.465 e. The number of pyridine rings is 1. The normalized spacial score (nSPS) is 12.8. The van der Waals surface area contributed by atoms with Crippen molar-refractivity contribution in [2.24, 2.45) is 0 Å². The summed E-state index contributed by atoms with van der Waals surface area (Å²) in [6.07, 6.45) is -2.15. The van der Waals surface area contributed by atoms with Gasteiger partial charge in [0, 0.05) is 18.0 Å². The molecule has 0 aromatic carbocycles. The van der Waals surface area contributed by atoms with E-state index in [-0.39, 0.29) is 23.0 Å². The van der Waals surface area contributed by atoms with Crippen LogP contribution in [-0.2, 0) is 15.7 Å². The molecule has 0 amide bonds. The standard InChI is InChI=1S/C14H10Cl2F3N3O2/c1-2-24-13(23)10(12-20-5-7(15)6-21-12)8-3-4-9(14(17,18)19)22-11(8)16/h3-6,10H,2H2,1H3. The van der Waals surface area contributed by atoms with E-state index in [2.05, 4.69) is 15.0 Å². The number of hydrogen-bond acceptors (Lipinski definition) is 5. The van der Waals surface area contributed by atoms with Crippen LogP contribution in [0.1, 0.15) is 29.9 Å². The average Bonchev–Trinajstić information content (AvgIpc) is 2.50. The van der Waals surface area contributed by atoms with Gasteiger partial charge in [0.25, 0.3) is 0 Å². The topological polar surface area (TPSA) is 65.0 Å². The van der Waals surface area contributed by atoms with Crippen molar-refractivity contribution in [1.29, 1.82) is 0 Å². The van der Waals surface area contributed by atoms with E-state index in [9.17, 15) is 18.0 Å². The number of halogens is 5. The van der Waals surface area contributed by atoms with Crippen molar-refractivity contribution in [2.45, 2.75) is 19.0 Å². The molecular weight excluding hydrogens is 370 g/mol. The maximum Gasteiger partial charge on any atom is 0.433 e. The lowest BCUT2D eigenvalue weighted by molar-refractivity contribution is -0.144. The molecule has 0 radical (unpaired) electrons. The van der Waals surface area contributed by atoms with Crippen LogP contribution in [0.15, 0.2) is 24.5 Å². The van der Waals surface area contributed by atoms with E-state index in [0.717, 1.165) is 12.1 Å². The van der Waals surface area contributed by atoms with Gasteiger partial charge in [0.1, 0.15) is 22.6 Å². The zero-order valence-corrected chi connectivity index (χ0v) is 13.7. The fraction of sp³-hybridized carbons (Fsp3) is 0.286. The summed E-state index contributed by atoms with van der Waals surface area (Å²) in [5, 5.41) is -0.251. The van der Waals surface area contributed by atoms with Gasteiger partial charge in [-0.3, -0.25) is 4.79 Å². The Bertz CT molecular complexity index is 739. The average molecular weight is 380 g/mol. The molecule has 0 aliphatic heterocycles.